The SMILES string of the molecule is CCSC1CCCCC1NC(=O)C(C)C1CNC1.Cl. The highest BCUT2D eigenvalue weighted by Crippen LogP contribution is 2.29. The van der Waals surface area contributed by atoms with E-state index in [1.165, 1.54) is 25.7 Å². The molecule has 3 atom stereocenters. The largest absolute Gasteiger partial charge is 0.352 e. The third kappa shape index (κ3) is 4.54. The summed E-state index contributed by atoms with van der Waals surface area (Å²) in [5, 5.41) is 7.20. The number of amides is 1. The van der Waals surface area contributed by atoms with E-state index in [4.69, 9.17) is 0 Å². The van der Waals surface area contributed by atoms with Crippen molar-refractivity contribution in [1.82, 2.24) is 10.6 Å². The van der Waals surface area contributed by atoms with E-state index in [-0.39, 0.29) is 24.2 Å². The molecule has 0 aromatic rings. The molecule has 19 heavy (non-hydrogen) atoms. The standard InChI is InChI=1S/C14H26N2OS.ClH/c1-3-18-13-7-5-4-6-12(13)16-14(17)10(2)11-8-15-9-11;/h10-13,15H,3-9H2,1-2H3,(H,16,17);1H. The smallest absolute Gasteiger partial charge is 0.223 e. The fourth-order valence-electron chi connectivity index (χ4n) is 2.87. The Bertz CT molecular complexity index is 285. The van der Waals surface area contributed by atoms with E-state index in [1.807, 2.05) is 11.8 Å². The molecule has 2 aliphatic rings. The zero-order valence-electron chi connectivity index (χ0n) is 12.0. The van der Waals surface area contributed by atoms with Crippen LogP contribution in [-0.4, -0.2) is 36.0 Å². The quantitative estimate of drug-likeness (QED) is 0.820. The van der Waals surface area contributed by atoms with Crippen LogP contribution in [0, 0.1) is 11.8 Å². The molecule has 3 unspecified atom stereocenters. The lowest BCUT2D eigenvalue weighted by molar-refractivity contribution is -0.127. The average molecular weight is 307 g/mol. The van der Waals surface area contributed by atoms with Crippen molar-refractivity contribution in [2.45, 2.75) is 50.8 Å². The summed E-state index contributed by atoms with van der Waals surface area (Å²) in [6.45, 7) is 6.30. The molecule has 5 heteroatoms. The van der Waals surface area contributed by atoms with E-state index in [0.29, 0.717) is 17.2 Å². The van der Waals surface area contributed by atoms with Crippen molar-refractivity contribution >= 4 is 30.1 Å². The topological polar surface area (TPSA) is 41.1 Å². The molecule has 0 aromatic carbocycles. The Balaban J connectivity index is 0.00000180. The highest BCUT2D eigenvalue weighted by Gasteiger charge is 2.32. The lowest BCUT2D eigenvalue weighted by atomic mass is 9.87. The predicted octanol–water partition coefficient (Wildman–Crippen LogP) is 2.44. The number of halogens is 1. The molecule has 1 aliphatic carbocycles. The first-order valence-corrected chi connectivity index (χ1v) is 8.40. The van der Waals surface area contributed by atoms with Crippen LogP contribution in [0.15, 0.2) is 0 Å². The first kappa shape index (κ1) is 17.1. The molecule has 0 spiro atoms. The van der Waals surface area contributed by atoms with Crippen molar-refractivity contribution < 1.29 is 4.79 Å². The second-order valence-electron chi connectivity index (χ2n) is 5.60. The number of nitrogens with one attached hydrogen (secondary N) is 2. The maximum Gasteiger partial charge on any atom is 0.223 e. The zero-order chi connectivity index (χ0) is 13.0. The van der Waals surface area contributed by atoms with Crippen LogP contribution in [0.2, 0.25) is 0 Å². The van der Waals surface area contributed by atoms with Crippen molar-refractivity contribution in [3.05, 3.63) is 0 Å². The first-order chi connectivity index (χ1) is 8.72. The molecule has 0 aromatic heterocycles. The summed E-state index contributed by atoms with van der Waals surface area (Å²) in [4.78, 5) is 12.2. The van der Waals surface area contributed by atoms with Gasteiger partial charge in [0, 0.05) is 17.2 Å². The highest BCUT2D eigenvalue weighted by molar-refractivity contribution is 7.99. The van der Waals surface area contributed by atoms with E-state index in [2.05, 4.69) is 24.5 Å². The third-order valence-corrected chi connectivity index (χ3v) is 5.67. The van der Waals surface area contributed by atoms with Gasteiger partial charge in [0.15, 0.2) is 0 Å². The molecule has 1 aliphatic heterocycles. The molecule has 0 radical (unpaired) electrons. The summed E-state index contributed by atoms with van der Waals surface area (Å²) in [5.74, 6) is 2.14. The Kier molecular flexibility index (Phi) is 7.55. The van der Waals surface area contributed by atoms with Crippen LogP contribution in [0.1, 0.15) is 39.5 Å². The van der Waals surface area contributed by atoms with Gasteiger partial charge < -0.3 is 10.6 Å². The maximum absolute atomic E-state index is 12.2. The summed E-state index contributed by atoms with van der Waals surface area (Å²) >= 11 is 2.02. The van der Waals surface area contributed by atoms with E-state index in [1.54, 1.807) is 0 Å². The van der Waals surface area contributed by atoms with Gasteiger partial charge in [0.25, 0.3) is 0 Å². The monoisotopic (exact) mass is 306 g/mol. The van der Waals surface area contributed by atoms with Crippen LogP contribution in [0.25, 0.3) is 0 Å². The number of carbonyl (C=O) groups is 1. The summed E-state index contributed by atoms with van der Waals surface area (Å²) in [6.07, 6.45) is 5.03. The van der Waals surface area contributed by atoms with Crippen LogP contribution >= 0.6 is 24.2 Å². The van der Waals surface area contributed by atoms with Gasteiger partial charge in [0.05, 0.1) is 0 Å². The minimum Gasteiger partial charge on any atom is -0.352 e. The van der Waals surface area contributed by atoms with E-state index >= 15 is 0 Å². The Morgan fingerprint density at radius 1 is 1.37 bits per heavy atom. The van der Waals surface area contributed by atoms with Crippen molar-refractivity contribution in [3.8, 4) is 0 Å². The lowest BCUT2D eigenvalue weighted by Gasteiger charge is -2.35. The van der Waals surface area contributed by atoms with Crippen LogP contribution in [0.4, 0.5) is 0 Å². The molecule has 112 valence electrons. The summed E-state index contributed by atoms with van der Waals surface area (Å²) in [5.41, 5.74) is 0. The summed E-state index contributed by atoms with van der Waals surface area (Å²) in [6, 6.07) is 0.409. The molecular weight excluding hydrogens is 280 g/mol. The minimum absolute atomic E-state index is 0. The fraction of sp³-hybridized carbons (Fsp3) is 0.929. The zero-order valence-corrected chi connectivity index (χ0v) is 13.6. The Hall–Kier alpha value is 0.0700. The third-order valence-electron chi connectivity index (χ3n) is 4.34. The number of rotatable bonds is 5. The number of thioether (sulfide) groups is 1. The number of hydrogen-bond donors (Lipinski definition) is 2. The van der Waals surface area contributed by atoms with E-state index in [0.717, 1.165) is 18.8 Å². The van der Waals surface area contributed by atoms with Crippen molar-refractivity contribution in [2.24, 2.45) is 11.8 Å². The molecular formula is C14H27ClN2OS. The Labute approximate surface area is 127 Å². The second kappa shape index (κ2) is 8.38. The molecule has 1 heterocycles. The summed E-state index contributed by atoms with van der Waals surface area (Å²) < 4.78 is 0. The predicted molar refractivity (Wildman–Crippen MR) is 85.1 cm³/mol. The fourth-order valence-corrected chi connectivity index (χ4v) is 4.07. The average Bonchev–Trinajstić information content (AvgIpc) is 2.29. The van der Waals surface area contributed by atoms with E-state index in [9.17, 15) is 4.79 Å². The summed E-state index contributed by atoms with van der Waals surface area (Å²) in [7, 11) is 0. The van der Waals surface area contributed by atoms with Gasteiger partial charge >= 0.3 is 0 Å². The van der Waals surface area contributed by atoms with Gasteiger partial charge in [-0.1, -0.05) is 26.7 Å². The van der Waals surface area contributed by atoms with Crippen molar-refractivity contribution in [1.29, 1.82) is 0 Å². The maximum atomic E-state index is 12.2. The van der Waals surface area contributed by atoms with Gasteiger partial charge in [-0.3, -0.25) is 4.79 Å². The first-order valence-electron chi connectivity index (χ1n) is 7.35. The van der Waals surface area contributed by atoms with Crippen LogP contribution < -0.4 is 10.6 Å². The minimum atomic E-state index is 0. The normalized spacial score (nSPS) is 28.9. The van der Waals surface area contributed by atoms with Gasteiger partial charge in [0.2, 0.25) is 5.91 Å². The number of hydrogen-bond acceptors (Lipinski definition) is 3. The Morgan fingerprint density at radius 3 is 2.63 bits per heavy atom. The van der Waals surface area contributed by atoms with Gasteiger partial charge in [0.1, 0.15) is 0 Å². The van der Waals surface area contributed by atoms with Crippen molar-refractivity contribution in [2.75, 3.05) is 18.8 Å². The molecule has 2 N–H and O–H groups in total. The lowest BCUT2D eigenvalue weighted by Crippen LogP contribution is -2.52. The molecule has 1 saturated carbocycles. The van der Waals surface area contributed by atoms with E-state index < -0.39 is 0 Å². The molecule has 2 rings (SSSR count). The van der Waals surface area contributed by atoms with Crippen LogP contribution in [-0.2, 0) is 4.79 Å². The van der Waals surface area contributed by atoms with Gasteiger partial charge in [-0.05, 0) is 37.6 Å². The second-order valence-corrected chi connectivity index (χ2v) is 7.12. The Morgan fingerprint density at radius 2 is 2.05 bits per heavy atom. The van der Waals surface area contributed by atoms with Crippen LogP contribution in [0.5, 0.6) is 0 Å². The highest BCUT2D eigenvalue weighted by atomic mass is 35.5. The molecule has 2 fully saturated rings. The molecule has 3 nitrogen and oxygen atoms in total. The molecule has 0 bridgehead atoms. The van der Waals surface area contributed by atoms with Crippen molar-refractivity contribution in [3.63, 3.8) is 0 Å². The van der Waals surface area contributed by atoms with Gasteiger partial charge in [-0.25, -0.2) is 0 Å². The van der Waals surface area contributed by atoms with Gasteiger partial charge in [-0.2, -0.15) is 11.8 Å². The number of carbonyl (C=O) groups excluding carboxylic acids is 1. The molecule has 1 saturated heterocycles. The molecule has 1 amide bonds. The van der Waals surface area contributed by atoms with Crippen LogP contribution in [0.3, 0.4) is 0 Å². The van der Waals surface area contributed by atoms with Gasteiger partial charge in [-0.15, -0.1) is 12.4 Å².